The molecule has 0 amide bonds. The Hall–Kier alpha value is -1.94. The second kappa shape index (κ2) is 63.1. The van der Waals surface area contributed by atoms with Gasteiger partial charge in [0.05, 0.1) is 26.4 Å². The van der Waals surface area contributed by atoms with Gasteiger partial charge in [-0.2, -0.15) is 0 Å². The van der Waals surface area contributed by atoms with E-state index in [9.17, 15) is 43.2 Å². The minimum Gasteiger partial charge on any atom is -0.462 e. The van der Waals surface area contributed by atoms with E-state index in [0.29, 0.717) is 31.6 Å². The minimum atomic E-state index is -4.95. The van der Waals surface area contributed by atoms with Gasteiger partial charge in [-0.05, 0) is 37.5 Å². The van der Waals surface area contributed by atoms with Gasteiger partial charge in [0.25, 0.3) is 0 Å². The summed E-state index contributed by atoms with van der Waals surface area (Å²) in [5.74, 6) is -0.626. The van der Waals surface area contributed by atoms with Gasteiger partial charge in [-0.3, -0.25) is 37.3 Å². The molecule has 19 heteroatoms. The van der Waals surface area contributed by atoms with Crippen LogP contribution in [0.25, 0.3) is 0 Å². The van der Waals surface area contributed by atoms with Crippen LogP contribution in [0, 0.1) is 11.8 Å². The predicted molar refractivity (Wildman–Crippen MR) is 363 cm³/mol. The molecule has 5 atom stereocenters. The molecule has 0 aromatic carbocycles. The summed E-state index contributed by atoms with van der Waals surface area (Å²) < 4.78 is 68.3. The van der Waals surface area contributed by atoms with Crippen molar-refractivity contribution in [3.8, 4) is 0 Å². The highest BCUT2D eigenvalue weighted by Crippen LogP contribution is 2.45. The van der Waals surface area contributed by atoms with Gasteiger partial charge >= 0.3 is 39.5 Å². The van der Waals surface area contributed by atoms with Crippen LogP contribution in [0.3, 0.4) is 0 Å². The SMILES string of the molecule is CCCCCCCCCCCCCCCC(=O)OC[C@H](COP(=O)(O)OC[C@@H](O)COP(=O)(O)OC[C@@H](COC(=O)CCCCCCCCCCC)OC(=O)CCCCCCCCCC(C)C)OC(=O)CCCCCCCCCCCCCCCCCC(C)C. The lowest BCUT2D eigenvalue weighted by Crippen LogP contribution is -2.30. The van der Waals surface area contributed by atoms with Crippen LogP contribution in [0.1, 0.15) is 363 Å². The molecule has 90 heavy (non-hydrogen) atoms. The average molecular weight is 1330 g/mol. The molecular weight excluding hydrogens is 1190 g/mol. The summed E-state index contributed by atoms with van der Waals surface area (Å²) in [6, 6.07) is 0. The van der Waals surface area contributed by atoms with Gasteiger partial charge in [0.15, 0.2) is 12.2 Å². The lowest BCUT2D eigenvalue weighted by atomic mass is 10.0. The van der Waals surface area contributed by atoms with Crippen molar-refractivity contribution in [1.29, 1.82) is 0 Å². The number of phosphoric ester groups is 2. The maximum Gasteiger partial charge on any atom is 0.472 e. The summed E-state index contributed by atoms with van der Waals surface area (Å²) >= 11 is 0. The van der Waals surface area contributed by atoms with Crippen molar-refractivity contribution in [3.05, 3.63) is 0 Å². The standard InChI is InChI=1S/C71H138O17P2/c1-7-9-11-13-15-17-18-22-26-30-36-42-48-54-69(74)82-59-66(87-70(75)55-49-43-37-31-27-24-21-19-20-23-25-29-33-39-45-51-63(3)4)61-85-89(77,78)83-57-65(72)58-84-90(79,80)86-62-67(60-81-68(73)53-47-41-35-28-16-14-12-10-8-2)88-71(76)56-50-44-38-32-34-40-46-52-64(5)6/h63-67,72H,7-62H2,1-6H3,(H,77,78)(H,79,80)/t65-,66-,67-/m1/s1. The molecule has 534 valence electrons. The summed E-state index contributed by atoms with van der Waals surface area (Å²) in [6.07, 6.45) is 48.6. The third-order valence-electron chi connectivity index (χ3n) is 16.5. The zero-order valence-electron chi connectivity index (χ0n) is 58.4. The Kier molecular flexibility index (Phi) is 61.8. The van der Waals surface area contributed by atoms with Gasteiger partial charge in [0.1, 0.15) is 19.3 Å². The smallest absolute Gasteiger partial charge is 0.462 e. The van der Waals surface area contributed by atoms with E-state index in [0.717, 1.165) is 95.8 Å². The maximum atomic E-state index is 13.0. The van der Waals surface area contributed by atoms with Gasteiger partial charge in [-0.15, -0.1) is 0 Å². The van der Waals surface area contributed by atoms with Crippen molar-refractivity contribution in [3.63, 3.8) is 0 Å². The fraction of sp³-hybridized carbons (Fsp3) is 0.944. The van der Waals surface area contributed by atoms with Gasteiger partial charge in [-0.25, -0.2) is 9.13 Å². The molecule has 0 aromatic heterocycles. The number of aliphatic hydroxyl groups is 1. The van der Waals surface area contributed by atoms with Crippen LogP contribution in [0.4, 0.5) is 0 Å². The van der Waals surface area contributed by atoms with E-state index in [4.69, 9.17) is 37.0 Å². The normalized spacial score (nSPS) is 14.1. The molecule has 0 fully saturated rings. The van der Waals surface area contributed by atoms with Crippen molar-refractivity contribution in [1.82, 2.24) is 0 Å². The lowest BCUT2D eigenvalue weighted by Gasteiger charge is -2.21. The molecule has 0 rings (SSSR count). The number of carbonyl (C=O) groups is 4. The molecule has 0 aromatic rings. The Morgan fingerprint density at radius 2 is 0.511 bits per heavy atom. The number of unbranched alkanes of at least 4 members (excludes halogenated alkanes) is 40. The van der Waals surface area contributed by atoms with E-state index in [1.165, 1.54) is 180 Å². The fourth-order valence-electron chi connectivity index (χ4n) is 10.8. The van der Waals surface area contributed by atoms with Crippen LogP contribution in [-0.4, -0.2) is 96.7 Å². The summed E-state index contributed by atoms with van der Waals surface area (Å²) in [5, 5.41) is 10.6. The third kappa shape index (κ3) is 64.8. The molecule has 17 nitrogen and oxygen atoms in total. The summed E-state index contributed by atoms with van der Waals surface area (Å²) in [7, 11) is -9.90. The van der Waals surface area contributed by atoms with Crippen LogP contribution in [-0.2, 0) is 65.4 Å². The first-order valence-electron chi connectivity index (χ1n) is 37.0. The number of hydrogen-bond donors (Lipinski definition) is 3. The topological polar surface area (TPSA) is 237 Å². The molecule has 0 saturated carbocycles. The first-order chi connectivity index (χ1) is 43.4. The number of hydrogen-bond acceptors (Lipinski definition) is 15. The number of rotatable bonds is 70. The van der Waals surface area contributed by atoms with Crippen LogP contribution in [0.2, 0.25) is 0 Å². The van der Waals surface area contributed by atoms with Gasteiger partial charge < -0.3 is 33.8 Å². The molecule has 0 bridgehead atoms. The molecule has 3 N–H and O–H groups in total. The van der Waals surface area contributed by atoms with Crippen molar-refractivity contribution in [2.45, 2.75) is 381 Å². The van der Waals surface area contributed by atoms with Crippen molar-refractivity contribution >= 4 is 39.5 Å². The Morgan fingerprint density at radius 3 is 0.756 bits per heavy atom. The average Bonchev–Trinajstić information content (AvgIpc) is 3.05. The molecule has 0 heterocycles. The Balaban J connectivity index is 5.21. The molecule has 0 spiro atoms. The third-order valence-corrected chi connectivity index (χ3v) is 18.4. The van der Waals surface area contributed by atoms with E-state index in [2.05, 4.69) is 41.5 Å². The summed E-state index contributed by atoms with van der Waals surface area (Å²) in [4.78, 5) is 72.5. The molecule has 2 unspecified atom stereocenters. The van der Waals surface area contributed by atoms with Gasteiger partial charge in [-0.1, -0.05) is 311 Å². The van der Waals surface area contributed by atoms with Crippen LogP contribution >= 0.6 is 15.6 Å². The minimum absolute atomic E-state index is 0.104. The molecule has 0 aliphatic rings. The van der Waals surface area contributed by atoms with Gasteiger partial charge in [0.2, 0.25) is 0 Å². The first kappa shape index (κ1) is 88.1. The summed E-state index contributed by atoms with van der Waals surface area (Å²) in [6.45, 7) is 9.50. The lowest BCUT2D eigenvalue weighted by molar-refractivity contribution is -0.161. The zero-order valence-corrected chi connectivity index (χ0v) is 60.2. The molecular formula is C71H138O17P2. The molecule has 0 aliphatic heterocycles. The number of carbonyl (C=O) groups excluding carboxylic acids is 4. The highest BCUT2D eigenvalue weighted by molar-refractivity contribution is 7.47. The Labute approximate surface area is 549 Å². The monoisotopic (exact) mass is 1320 g/mol. The molecule has 0 aliphatic carbocycles. The zero-order chi connectivity index (χ0) is 66.5. The molecule has 0 saturated heterocycles. The first-order valence-corrected chi connectivity index (χ1v) is 40.0. The van der Waals surface area contributed by atoms with E-state index in [1.54, 1.807) is 0 Å². The largest absolute Gasteiger partial charge is 0.472 e. The van der Waals surface area contributed by atoms with Crippen LogP contribution in [0.5, 0.6) is 0 Å². The number of ether oxygens (including phenoxy) is 4. The number of aliphatic hydroxyl groups excluding tert-OH is 1. The second-order valence-electron chi connectivity index (χ2n) is 26.6. The Morgan fingerprint density at radius 1 is 0.300 bits per heavy atom. The van der Waals surface area contributed by atoms with Crippen LogP contribution < -0.4 is 0 Å². The quantitative estimate of drug-likeness (QED) is 0.0222. The number of esters is 4. The van der Waals surface area contributed by atoms with Gasteiger partial charge in [0, 0.05) is 25.7 Å². The van der Waals surface area contributed by atoms with Crippen molar-refractivity contribution in [2.24, 2.45) is 11.8 Å². The predicted octanol–water partition coefficient (Wildman–Crippen LogP) is 20.4. The fourth-order valence-corrected chi connectivity index (χ4v) is 12.3. The molecule has 0 radical (unpaired) electrons. The van der Waals surface area contributed by atoms with E-state index in [1.807, 2.05) is 0 Å². The highest BCUT2D eigenvalue weighted by atomic mass is 31.2. The van der Waals surface area contributed by atoms with E-state index >= 15 is 0 Å². The van der Waals surface area contributed by atoms with Crippen molar-refractivity contribution in [2.75, 3.05) is 39.6 Å². The summed E-state index contributed by atoms with van der Waals surface area (Å²) in [5.41, 5.74) is 0. The van der Waals surface area contributed by atoms with Crippen LogP contribution in [0.15, 0.2) is 0 Å². The Bertz CT molecular complexity index is 1750. The number of phosphoric acid groups is 2. The highest BCUT2D eigenvalue weighted by Gasteiger charge is 2.30. The van der Waals surface area contributed by atoms with E-state index < -0.39 is 97.5 Å². The maximum absolute atomic E-state index is 13.0. The van der Waals surface area contributed by atoms with Crippen molar-refractivity contribution < 1.29 is 80.2 Å². The second-order valence-corrected chi connectivity index (χ2v) is 29.5. The van der Waals surface area contributed by atoms with E-state index in [-0.39, 0.29) is 25.7 Å².